The van der Waals surface area contributed by atoms with E-state index in [1.165, 1.54) is 7.11 Å². The van der Waals surface area contributed by atoms with E-state index in [2.05, 4.69) is 10.4 Å². The molecule has 2 rings (SSSR count). The number of rotatable bonds is 4. The van der Waals surface area contributed by atoms with Gasteiger partial charge in [0.1, 0.15) is 0 Å². The molecular formula is C14H18N4O2. The Balaban J connectivity index is 2.21. The summed E-state index contributed by atoms with van der Waals surface area (Å²) >= 11 is 0. The van der Waals surface area contributed by atoms with Gasteiger partial charge in [0, 0.05) is 36.7 Å². The number of methoxy groups -OCH3 is 1. The summed E-state index contributed by atoms with van der Waals surface area (Å²) in [6.45, 7) is 2.52. The molecule has 0 aliphatic rings. The highest BCUT2D eigenvalue weighted by Crippen LogP contribution is 2.21. The second kappa shape index (κ2) is 5.64. The van der Waals surface area contributed by atoms with Crippen molar-refractivity contribution in [1.82, 2.24) is 9.78 Å². The summed E-state index contributed by atoms with van der Waals surface area (Å²) in [6, 6.07) is 5.11. The highest BCUT2D eigenvalue weighted by molar-refractivity contribution is 5.96. The molecule has 0 bridgehead atoms. The van der Waals surface area contributed by atoms with E-state index in [-0.39, 0.29) is 0 Å². The van der Waals surface area contributed by atoms with Gasteiger partial charge in [0.2, 0.25) is 0 Å². The molecule has 0 atom stereocenters. The minimum Gasteiger partial charge on any atom is -0.465 e. The molecule has 0 amide bonds. The molecule has 1 aromatic carbocycles. The zero-order chi connectivity index (χ0) is 14.7. The Labute approximate surface area is 117 Å². The van der Waals surface area contributed by atoms with E-state index in [4.69, 9.17) is 10.5 Å². The van der Waals surface area contributed by atoms with Crippen LogP contribution < -0.4 is 11.1 Å². The molecule has 0 radical (unpaired) electrons. The fourth-order valence-electron chi connectivity index (χ4n) is 2.01. The third-order valence-electron chi connectivity index (χ3n) is 3.03. The quantitative estimate of drug-likeness (QED) is 0.655. The predicted molar refractivity (Wildman–Crippen MR) is 77.5 cm³/mol. The Morgan fingerprint density at radius 3 is 2.85 bits per heavy atom. The number of aromatic nitrogens is 2. The fraction of sp³-hybridized carbons (Fsp3) is 0.286. The SMILES string of the molecule is COC(=O)c1cc(N)ccc1NCc1cn(C)nc1C. The van der Waals surface area contributed by atoms with Crippen molar-refractivity contribution in [2.75, 3.05) is 18.2 Å². The number of carbonyl (C=O) groups is 1. The van der Waals surface area contributed by atoms with Crippen LogP contribution in [-0.2, 0) is 18.3 Å². The van der Waals surface area contributed by atoms with Crippen molar-refractivity contribution >= 4 is 17.3 Å². The van der Waals surface area contributed by atoms with Crippen LogP contribution in [0, 0.1) is 6.92 Å². The summed E-state index contributed by atoms with van der Waals surface area (Å²) in [7, 11) is 3.22. The van der Waals surface area contributed by atoms with Gasteiger partial charge < -0.3 is 15.8 Å². The lowest BCUT2D eigenvalue weighted by atomic mass is 10.1. The van der Waals surface area contributed by atoms with Crippen LogP contribution in [0.15, 0.2) is 24.4 Å². The van der Waals surface area contributed by atoms with Crippen molar-refractivity contribution in [3.63, 3.8) is 0 Å². The monoisotopic (exact) mass is 274 g/mol. The fourth-order valence-corrected chi connectivity index (χ4v) is 2.01. The van der Waals surface area contributed by atoms with Crippen molar-refractivity contribution in [2.45, 2.75) is 13.5 Å². The minimum absolute atomic E-state index is 0.414. The zero-order valence-electron chi connectivity index (χ0n) is 11.8. The normalized spacial score (nSPS) is 10.3. The number of hydrogen-bond donors (Lipinski definition) is 2. The third kappa shape index (κ3) is 2.90. The second-order valence-electron chi connectivity index (χ2n) is 4.56. The molecule has 0 fully saturated rings. The molecule has 0 aliphatic heterocycles. The Morgan fingerprint density at radius 1 is 1.50 bits per heavy atom. The summed E-state index contributed by atoms with van der Waals surface area (Å²) in [5, 5.41) is 7.49. The number of carbonyl (C=O) groups excluding carboxylic acids is 1. The number of hydrogen-bond acceptors (Lipinski definition) is 5. The van der Waals surface area contributed by atoms with Gasteiger partial charge in [0.25, 0.3) is 0 Å². The maximum Gasteiger partial charge on any atom is 0.340 e. The number of nitrogens with zero attached hydrogens (tertiary/aromatic N) is 2. The first kappa shape index (κ1) is 13.9. The Hall–Kier alpha value is -2.50. The van der Waals surface area contributed by atoms with E-state index in [0.29, 0.717) is 23.5 Å². The number of nitrogens with one attached hydrogen (secondary N) is 1. The largest absolute Gasteiger partial charge is 0.465 e. The number of nitrogens with two attached hydrogens (primary N) is 1. The highest BCUT2D eigenvalue weighted by Gasteiger charge is 2.12. The molecule has 0 saturated heterocycles. The topological polar surface area (TPSA) is 82.2 Å². The third-order valence-corrected chi connectivity index (χ3v) is 3.03. The van der Waals surface area contributed by atoms with Gasteiger partial charge in [-0.15, -0.1) is 0 Å². The van der Waals surface area contributed by atoms with Gasteiger partial charge in [-0.05, 0) is 25.1 Å². The van der Waals surface area contributed by atoms with Gasteiger partial charge in [0.05, 0.1) is 18.4 Å². The van der Waals surface area contributed by atoms with E-state index in [0.717, 1.165) is 11.3 Å². The summed E-state index contributed by atoms with van der Waals surface area (Å²) in [5.74, 6) is -0.414. The molecule has 3 N–H and O–H groups in total. The van der Waals surface area contributed by atoms with Gasteiger partial charge in [-0.3, -0.25) is 4.68 Å². The molecule has 6 nitrogen and oxygen atoms in total. The van der Waals surface area contributed by atoms with Crippen molar-refractivity contribution < 1.29 is 9.53 Å². The first-order valence-corrected chi connectivity index (χ1v) is 6.22. The maximum atomic E-state index is 11.7. The van der Waals surface area contributed by atoms with E-state index < -0.39 is 5.97 Å². The summed E-state index contributed by atoms with van der Waals surface area (Å²) in [6.07, 6.45) is 1.94. The van der Waals surface area contributed by atoms with Gasteiger partial charge >= 0.3 is 5.97 Å². The average molecular weight is 274 g/mol. The van der Waals surface area contributed by atoms with Crippen molar-refractivity contribution in [3.8, 4) is 0 Å². The predicted octanol–water partition coefficient (Wildman–Crippen LogP) is 1.71. The average Bonchev–Trinajstić information content (AvgIpc) is 2.74. The Morgan fingerprint density at radius 2 is 2.25 bits per heavy atom. The van der Waals surface area contributed by atoms with Crippen LogP contribution in [-0.4, -0.2) is 22.9 Å². The van der Waals surface area contributed by atoms with Crippen LogP contribution in [0.3, 0.4) is 0 Å². The molecular weight excluding hydrogens is 256 g/mol. The van der Waals surface area contributed by atoms with Gasteiger partial charge in [-0.2, -0.15) is 5.10 Å². The summed E-state index contributed by atoms with van der Waals surface area (Å²) in [5.41, 5.74) is 9.37. The standard InChI is InChI=1S/C14H18N4O2/c1-9-10(8-18(2)17-9)7-16-13-5-4-11(15)6-12(13)14(19)20-3/h4-6,8,16H,7,15H2,1-3H3. The Bertz CT molecular complexity index is 634. The number of benzene rings is 1. The number of ether oxygens (including phenoxy) is 1. The number of esters is 1. The highest BCUT2D eigenvalue weighted by atomic mass is 16.5. The van der Waals surface area contributed by atoms with Crippen LogP contribution in [0.2, 0.25) is 0 Å². The molecule has 0 aliphatic carbocycles. The van der Waals surface area contributed by atoms with Gasteiger partial charge in [-0.1, -0.05) is 0 Å². The van der Waals surface area contributed by atoms with Crippen LogP contribution in [0.5, 0.6) is 0 Å². The molecule has 106 valence electrons. The number of aryl methyl sites for hydroxylation is 2. The molecule has 1 aromatic heterocycles. The van der Waals surface area contributed by atoms with Crippen LogP contribution in [0.25, 0.3) is 0 Å². The molecule has 6 heteroatoms. The molecule has 2 aromatic rings. The summed E-state index contributed by atoms with van der Waals surface area (Å²) < 4.78 is 6.52. The lowest BCUT2D eigenvalue weighted by Gasteiger charge is -2.11. The maximum absolute atomic E-state index is 11.7. The first-order chi connectivity index (χ1) is 9.51. The molecule has 0 saturated carbocycles. The number of anilines is 2. The lowest BCUT2D eigenvalue weighted by molar-refractivity contribution is 0.0602. The Kier molecular flexibility index (Phi) is 3.93. The first-order valence-electron chi connectivity index (χ1n) is 6.22. The number of nitrogen functional groups attached to an aromatic ring is 1. The molecule has 1 heterocycles. The van der Waals surface area contributed by atoms with Gasteiger partial charge in [0.15, 0.2) is 0 Å². The van der Waals surface area contributed by atoms with Crippen LogP contribution in [0.4, 0.5) is 11.4 Å². The molecule has 20 heavy (non-hydrogen) atoms. The van der Waals surface area contributed by atoms with Crippen molar-refractivity contribution in [3.05, 3.63) is 41.2 Å². The zero-order valence-corrected chi connectivity index (χ0v) is 11.8. The van der Waals surface area contributed by atoms with E-state index in [1.807, 2.05) is 20.2 Å². The smallest absolute Gasteiger partial charge is 0.340 e. The van der Waals surface area contributed by atoms with E-state index >= 15 is 0 Å². The van der Waals surface area contributed by atoms with Gasteiger partial charge in [-0.25, -0.2) is 4.79 Å². The molecule has 0 unspecified atom stereocenters. The van der Waals surface area contributed by atoms with Crippen LogP contribution >= 0.6 is 0 Å². The van der Waals surface area contributed by atoms with Crippen molar-refractivity contribution in [2.24, 2.45) is 7.05 Å². The van der Waals surface area contributed by atoms with Crippen LogP contribution in [0.1, 0.15) is 21.6 Å². The lowest BCUT2D eigenvalue weighted by Crippen LogP contribution is -2.09. The summed E-state index contributed by atoms with van der Waals surface area (Å²) in [4.78, 5) is 11.7. The van der Waals surface area contributed by atoms with Crippen molar-refractivity contribution in [1.29, 1.82) is 0 Å². The second-order valence-corrected chi connectivity index (χ2v) is 4.56. The minimum atomic E-state index is -0.414. The molecule has 0 spiro atoms. The van der Waals surface area contributed by atoms with E-state index in [9.17, 15) is 4.79 Å². The van der Waals surface area contributed by atoms with E-state index in [1.54, 1.807) is 22.9 Å².